The van der Waals surface area contributed by atoms with E-state index in [9.17, 15) is 4.79 Å². The van der Waals surface area contributed by atoms with Gasteiger partial charge in [-0.3, -0.25) is 19.7 Å². The van der Waals surface area contributed by atoms with Gasteiger partial charge in [-0.2, -0.15) is 0 Å². The van der Waals surface area contributed by atoms with Gasteiger partial charge in [-0.15, -0.1) is 0 Å². The third-order valence-electron chi connectivity index (χ3n) is 6.27. The molecule has 0 saturated carbocycles. The average molecular weight is 542 g/mol. The fraction of sp³-hybridized carbons (Fsp3) is 0.308. The molecule has 192 valence electrons. The predicted octanol–water partition coefficient (Wildman–Crippen LogP) is 4.37. The van der Waals surface area contributed by atoms with E-state index in [4.69, 9.17) is 37.4 Å². The third kappa shape index (κ3) is 5.13. The molecule has 9 nitrogen and oxygen atoms in total. The van der Waals surface area contributed by atoms with E-state index in [1.807, 2.05) is 6.08 Å². The second kappa shape index (κ2) is 11.0. The monoisotopic (exact) mass is 541 g/mol. The van der Waals surface area contributed by atoms with E-state index in [1.165, 1.54) is 20.4 Å². The van der Waals surface area contributed by atoms with Crippen LogP contribution in [0.15, 0.2) is 47.4 Å². The number of carbonyl (C=O) groups is 1. The first-order valence-electron chi connectivity index (χ1n) is 11.7. The highest BCUT2D eigenvalue weighted by Gasteiger charge is 2.24. The first kappa shape index (κ1) is 25.4. The molecular formula is C26H25Cl2N5O4. The maximum absolute atomic E-state index is 13.3. The van der Waals surface area contributed by atoms with Crippen LogP contribution in [0.4, 0.5) is 0 Å². The molecule has 11 heteroatoms. The summed E-state index contributed by atoms with van der Waals surface area (Å²) in [5.74, 6) is 1.07. The quantitative estimate of drug-likeness (QED) is 0.494. The van der Waals surface area contributed by atoms with E-state index in [2.05, 4.69) is 25.2 Å². The number of benzene rings is 2. The standard InChI is InChI=1S/C26H25Cl2N5O4/c1-35-18-13-19(36-2)23(28)21(22(18)27)16-4-5-17(25-24(16)29-7-8-30-25)26(34)32-20-6-3-15(31-20)14-33-9-11-37-12-10-33/h3-5,7-8,13H,6,9-12,14H2,1-2H3,(H,31,32,34). The first-order chi connectivity index (χ1) is 18.0. The first-order valence-corrected chi connectivity index (χ1v) is 12.5. The second-order valence-electron chi connectivity index (χ2n) is 8.50. The van der Waals surface area contributed by atoms with Crippen LogP contribution in [-0.4, -0.2) is 73.7 Å². The van der Waals surface area contributed by atoms with Crippen LogP contribution in [0.3, 0.4) is 0 Å². The minimum Gasteiger partial charge on any atom is -0.495 e. The molecule has 0 atom stereocenters. The molecule has 1 amide bonds. The molecule has 0 aliphatic carbocycles. The molecule has 37 heavy (non-hydrogen) atoms. The van der Waals surface area contributed by atoms with Crippen LogP contribution < -0.4 is 14.8 Å². The SMILES string of the molecule is COc1cc(OC)c(Cl)c(-c2ccc(C(=O)NC3=NC(CN4CCOCC4)=CC3)c3nccnc23)c1Cl. The van der Waals surface area contributed by atoms with E-state index >= 15 is 0 Å². The number of morpholine rings is 1. The molecule has 3 heterocycles. The zero-order valence-electron chi connectivity index (χ0n) is 20.4. The van der Waals surface area contributed by atoms with Crippen LogP contribution in [0.1, 0.15) is 16.8 Å². The number of nitrogens with one attached hydrogen (secondary N) is 1. The summed E-state index contributed by atoms with van der Waals surface area (Å²) in [5.41, 5.74) is 3.25. The highest BCUT2D eigenvalue weighted by molar-refractivity contribution is 6.41. The average Bonchev–Trinajstić information content (AvgIpc) is 3.35. The topological polar surface area (TPSA) is 98.2 Å². The predicted molar refractivity (Wildman–Crippen MR) is 143 cm³/mol. The molecule has 5 rings (SSSR count). The molecule has 1 fully saturated rings. The molecule has 2 aliphatic rings. The van der Waals surface area contributed by atoms with E-state index in [0.717, 1.165) is 38.5 Å². The van der Waals surface area contributed by atoms with Crippen LogP contribution in [0, 0.1) is 0 Å². The maximum atomic E-state index is 13.3. The zero-order valence-corrected chi connectivity index (χ0v) is 21.9. The van der Waals surface area contributed by atoms with Crippen molar-refractivity contribution in [2.45, 2.75) is 6.42 Å². The molecule has 0 spiro atoms. The van der Waals surface area contributed by atoms with E-state index in [0.29, 0.717) is 61.5 Å². The number of carbonyl (C=O) groups excluding carboxylic acids is 1. The largest absolute Gasteiger partial charge is 0.495 e. The molecule has 3 aromatic rings. The number of amidine groups is 1. The number of ether oxygens (including phenoxy) is 3. The number of hydrogen-bond donors (Lipinski definition) is 1. The number of methoxy groups -OCH3 is 2. The molecule has 1 aromatic heterocycles. The zero-order chi connectivity index (χ0) is 25.9. The lowest BCUT2D eigenvalue weighted by Crippen LogP contribution is -2.37. The van der Waals surface area contributed by atoms with Gasteiger partial charge < -0.3 is 19.5 Å². The molecule has 0 bridgehead atoms. The molecule has 1 N–H and O–H groups in total. The molecular weight excluding hydrogens is 517 g/mol. The Labute approximate surface area is 224 Å². The van der Waals surface area contributed by atoms with Crippen molar-refractivity contribution < 1.29 is 19.0 Å². The van der Waals surface area contributed by atoms with Gasteiger partial charge in [-0.1, -0.05) is 35.3 Å². The Morgan fingerprint density at radius 3 is 2.41 bits per heavy atom. The summed E-state index contributed by atoms with van der Waals surface area (Å²) in [6.07, 6.45) is 5.68. The van der Waals surface area contributed by atoms with Crippen molar-refractivity contribution >= 4 is 46.0 Å². The lowest BCUT2D eigenvalue weighted by Gasteiger charge is -2.26. The summed E-state index contributed by atoms with van der Waals surface area (Å²) in [5, 5.41) is 3.53. The Morgan fingerprint density at radius 1 is 1.05 bits per heavy atom. The van der Waals surface area contributed by atoms with E-state index < -0.39 is 0 Å². The van der Waals surface area contributed by atoms with Crippen molar-refractivity contribution in [3.63, 3.8) is 0 Å². The van der Waals surface area contributed by atoms with Gasteiger partial charge in [0.1, 0.15) is 22.9 Å². The summed E-state index contributed by atoms with van der Waals surface area (Å²) in [6, 6.07) is 5.04. The number of halogens is 2. The minimum absolute atomic E-state index is 0.302. The number of rotatable bonds is 6. The van der Waals surface area contributed by atoms with Gasteiger partial charge in [0, 0.05) is 55.6 Å². The smallest absolute Gasteiger partial charge is 0.258 e. The van der Waals surface area contributed by atoms with Crippen molar-refractivity contribution in [1.29, 1.82) is 0 Å². The summed E-state index contributed by atoms with van der Waals surface area (Å²) in [6.45, 7) is 3.93. The Morgan fingerprint density at radius 2 is 1.73 bits per heavy atom. The fourth-order valence-corrected chi connectivity index (χ4v) is 5.11. The highest BCUT2D eigenvalue weighted by Crippen LogP contribution is 2.47. The van der Waals surface area contributed by atoms with Gasteiger partial charge in [0.25, 0.3) is 5.91 Å². The van der Waals surface area contributed by atoms with Crippen molar-refractivity contribution in [2.75, 3.05) is 47.1 Å². The van der Waals surface area contributed by atoms with Gasteiger partial charge in [0.05, 0.1) is 54.3 Å². The lowest BCUT2D eigenvalue weighted by molar-refractivity contribution is 0.0422. The van der Waals surface area contributed by atoms with E-state index in [1.54, 1.807) is 24.4 Å². The second-order valence-corrected chi connectivity index (χ2v) is 9.25. The normalized spacial score (nSPS) is 15.9. The summed E-state index contributed by atoms with van der Waals surface area (Å²) in [4.78, 5) is 29.2. The molecule has 0 radical (unpaired) electrons. The van der Waals surface area contributed by atoms with Crippen molar-refractivity contribution in [3.8, 4) is 22.6 Å². The minimum atomic E-state index is -0.322. The van der Waals surface area contributed by atoms with Crippen LogP contribution in [0.5, 0.6) is 11.5 Å². The van der Waals surface area contributed by atoms with Gasteiger partial charge in [0.2, 0.25) is 0 Å². The number of aliphatic imine (C=N–C) groups is 1. The number of hydrogen-bond acceptors (Lipinski definition) is 8. The van der Waals surface area contributed by atoms with Crippen LogP contribution in [-0.2, 0) is 4.74 Å². The Bertz CT molecular complexity index is 1390. The number of nitrogens with zero attached hydrogens (tertiary/aromatic N) is 4. The molecule has 1 saturated heterocycles. The molecule has 2 aliphatic heterocycles. The van der Waals surface area contributed by atoms with Crippen LogP contribution in [0.2, 0.25) is 10.0 Å². The fourth-order valence-electron chi connectivity index (χ4n) is 4.41. The number of fused-ring (bicyclic) bond motifs is 1. The number of amides is 1. The summed E-state index contributed by atoms with van der Waals surface area (Å²) in [7, 11) is 3.02. The maximum Gasteiger partial charge on any atom is 0.258 e. The van der Waals surface area contributed by atoms with Gasteiger partial charge in [0.15, 0.2) is 0 Å². The molecule has 2 aromatic carbocycles. The summed E-state index contributed by atoms with van der Waals surface area (Å²) >= 11 is 13.3. The van der Waals surface area contributed by atoms with Crippen molar-refractivity contribution in [3.05, 3.63) is 58.0 Å². The van der Waals surface area contributed by atoms with Crippen molar-refractivity contribution in [1.82, 2.24) is 20.2 Å². The summed E-state index contributed by atoms with van der Waals surface area (Å²) < 4.78 is 16.2. The third-order valence-corrected chi connectivity index (χ3v) is 7.02. The Kier molecular flexibility index (Phi) is 7.57. The van der Waals surface area contributed by atoms with Crippen LogP contribution >= 0.6 is 23.2 Å². The Hall–Kier alpha value is -3.24. The number of aromatic nitrogens is 2. The molecule has 0 unspecified atom stereocenters. The highest BCUT2D eigenvalue weighted by atomic mass is 35.5. The van der Waals surface area contributed by atoms with Gasteiger partial charge in [-0.25, -0.2) is 4.99 Å². The van der Waals surface area contributed by atoms with Gasteiger partial charge in [-0.05, 0) is 6.07 Å². The van der Waals surface area contributed by atoms with E-state index in [-0.39, 0.29) is 5.91 Å². The lowest BCUT2D eigenvalue weighted by atomic mass is 9.99. The van der Waals surface area contributed by atoms with Crippen LogP contribution in [0.25, 0.3) is 22.2 Å². The Balaban J connectivity index is 1.45. The van der Waals surface area contributed by atoms with Crippen molar-refractivity contribution in [2.24, 2.45) is 4.99 Å². The van der Waals surface area contributed by atoms with Gasteiger partial charge >= 0.3 is 0 Å².